The van der Waals surface area contributed by atoms with Crippen LogP contribution in [-0.4, -0.2) is 18.3 Å². The summed E-state index contributed by atoms with van der Waals surface area (Å²) in [4.78, 5) is 0. The fourth-order valence-electron chi connectivity index (χ4n) is 3.54. The zero-order chi connectivity index (χ0) is 17.6. The lowest BCUT2D eigenvalue weighted by atomic mass is 9.91. The maximum absolute atomic E-state index is 10.6. The first-order valence-corrected chi connectivity index (χ1v) is 8.97. The zero-order valence-electron chi connectivity index (χ0n) is 14.7. The van der Waals surface area contributed by atoms with Crippen molar-refractivity contribution in [3.05, 3.63) is 59.7 Å². The average molecular weight is 341 g/mol. The summed E-state index contributed by atoms with van der Waals surface area (Å²) in [6.07, 6.45) is 3.97. The van der Waals surface area contributed by atoms with Gasteiger partial charge in [-0.2, -0.15) is 0 Å². The van der Waals surface area contributed by atoms with Crippen molar-refractivity contribution < 1.29 is 14.6 Å². The Morgan fingerprint density at radius 2 is 1.80 bits per heavy atom. The van der Waals surface area contributed by atoms with E-state index in [0.717, 1.165) is 24.0 Å². The molecule has 3 rings (SSSR count). The second kappa shape index (κ2) is 8.37. The van der Waals surface area contributed by atoms with Gasteiger partial charge in [-0.25, -0.2) is 0 Å². The predicted octanol–water partition coefficient (Wildman–Crippen LogP) is 3.83. The third-order valence-corrected chi connectivity index (χ3v) is 5.06. The minimum absolute atomic E-state index is 0.297. The zero-order valence-corrected chi connectivity index (χ0v) is 14.7. The molecule has 1 fully saturated rings. The number of aliphatic hydroxyl groups is 1. The van der Waals surface area contributed by atoms with Crippen molar-refractivity contribution in [1.82, 2.24) is 0 Å². The summed E-state index contributed by atoms with van der Waals surface area (Å²) < 4.78 is 11.3. The van der Waals surface area contributed by atoms with Crippen LogP contribution in [0.3, 0.4) is 0 Å². The Morgan fingerprint density at radius 3 is 2.48 bits per heavy atom. The molecule has 3 N–H and O–H groups in total. The maximum atomic E-state index is 10.6. The Morgan fingerprint density at radius 1 is 1.08 bits per heavy atom. The lowest BCUT2D eigenvalue weighted by Gasteiger charge is -2.25. The van der Waals surface area contributed by atoms with Crippen molar-refractivity contribution in [2.75, 3.05) is 7.11 Å². The third kappa shape index (κ3) is 4.33. The van der Waals surface area contributed by atoms with Gasteiger partial charge in [-0.3, -0.25) is 0 Å². The minimum atomic E-state index is -0.516. The monoisotopic (exact) mass is 341 g/mol. The fraction of sp³-hybridized carbons (Fsp3) is 0.429. The molecule has 0 saturated heterocycles. The van der Waals surface area contributed by atoms with Crippen LogP contribution < -0.4 is 15.2 Å². The maximum Gasteiger partial charge on any atom is 0.161 e. The van der Waals surface area contributed by atoms with Gasteiger partial charge in [0.2, 0.25) is 0 Å². The van der Waals surface area contributed by atoms with Crippen LogP contribution in [0.25, 0.3) is 0 Å². The first-order chi connectivity index (χ1) is 12.2. The molecular formula is C21H27NO3. The molecule has 4 nitrogen and oxygen atoms in total. The summed E-state index contributed by atoms with van der Waals surface area (Å²) in [6.45, 7) is 0.459. The van der Waals surface area contributed by atoms with Gasteiger partial charge in [0.05, 0.1) is 19.3 Å². The summed E-state index contributed by atoms with van der Waals surface area (Å²) in [6, 6.07) is 15.2. The number of ether oxygens (including phenoxy) is 2. The standard InChI is InChI=1S/C21H27NO3/c1-24-18-12-11-17(20(22)21(23)16-9-5-6-10-16)13-19(18)25-14-15-7-3-2-4-8-15/h2-4,7-8,11-13,16,20-21,23H,5-6,9-10,14,22H2,1H3/t20-,21+/m0/s1. The van der Waals surface area contributed by atoms with Crippen molar-refractivity contribution >= 4 is 0 Å². The SMILES string of the molecule is COc1ccc([C@H](N)[C@H](O)C2CCCC2)cc1OCc1ccccc1. The van der Waals surface area contributed by atoms with Crippen LogP contribution in [0.15, 0.2) is 48.5 Å². The van der Waals surface area contributed by atoms with E-state index in [2.05, 4.69) is 0 Å². The van der Waals surface area contributed by atoms with E-state index >= 15 is 0 Å². The Labute approximate surface area is 149 Å². The van der Waals surface area contributed by atoms with E-state index in [0.29, 0.717) is 24.0 Å². The van der Waals surface area contributed by atoms with Crippen LogP contribution in [0.5, 0.6) is 11.5 Å². The number of aliphatic hydroxyl groups excluding tert-OH is 1. The summed E-state index contributed by atoms with van der Waals surface area (Å²) in [7, 11) is 1.62. The van der Waals surface area contributed by atoms with Crippen LogP contribution in [0, 0.1) is 5.92 Å². The number of hydrogen-bond donors (Lipinski definition) is 2. The van der Waals surface area contributed by atoms with Crippen LogP contribution in [0.1, 0.15) is 42.9 Å². The number of nitrogens with two attached hydrogens (primary N) is 1. The molecule has 25 heavy (non-hydrogen) atoms. The summed E-state index contributed by atoms with van der Waals surface area (Å²) in [5.41, 5.74) is 8.31. The van der Waals surface area contributed by atoms with Gasteiger partial charge < -0.3 is 20.3 Å². The molecule has 2 atom stereocenters. The van der Waals surface area contributed by atoms with E-state index in [-0.39, 0.29) is 0 Å². The summed E-state index contributed by atoms with van der Waals surface area (Å²) in [5.74, 6) is 1.62. The molecule has 0 spiro atoms. The second-order valence-electron chi connectivity index (χ2n) is 6.75. The van der Waals surface area contributed by atoms with Gasteiger partial charge in [0.15, 0.2) is 11.5 Å². The lowest BCUT2D eigenvalue weighted by Crippen LogP contribution is -2.31. The lowest BCUT2D eigenvalue weighted by molar-refractivity contribution is 0.0843. The second-order valence-corrected chi connectivity index (χ2v) is 6.75. The van der Waals surface area contributed by atoms with Gasteiger partial charge in [-0.15, -0.1) is 0 Å². The molecule has 0 radical (unpaired) electrons. The summed E-state index contributed by atoms with van der Waals surface area (Å²) in [5, 5.41) is 10.6. The van der Waals surface area contributed by atoms with Crippen LogP contribution in [-0.2, 0) is 6.61 Å². The Kier molecular flexibility index (Phi) is 5.95. The van der Waals surface area contributed by atoms with E-state index < -0.39 is 12.1 Å². The largest absolute Gasteiger partial charge is 0.493 e. The first kappa shape index (κ1) is 17.8. The van der Waals surface area contributed by atoms with E-state index in [1.807, 2.05) is 48.5 Å². The smallest absolute Gasteiger partial charge is 0.161 e. The Bertz CT molecular complexity index is 668. The van der Waals surface area contributed by atoms with Crippen molar-refractivity contribution in [3.63, 3.8) is 0 Å². The van der Waals surface area contributed by atoms with Gasteiger partial charge >= 0.3 is 0 Å². The van der Waals surface area contributed by atoms with E-state index in [1.165, 1.54) is 12.8 Å². The molecular weight excluding hydrogens is 314 g/mol. The summed E-state index contributed by atoms with van der Waals surface area (Å²) >= 11 is 0. The molecule has 0 amide bonds. The van der Waals surface area contributed by atoms with Gasteiger partial charge in [0, 0.05) is 0 Å². The van der Waals surface area contributed by atoms with Gasteiger partial charge in [0.25, 0.3) is 0 Å². The van der Waals surface area contributed by atoms with E-state index in [1.54, 1.807) is 7.11 Å². The van der Waals surface area contributed by atoms with Crippen LogP contribution in [0.4, 0.5) is 0 Å². The molecule has 2 aromatic rings. The highest BCUT2D eigenvalue weighted by atomic mass is 16.5. The molecule has 1 saturated carbocycles. The molecule has 0 heterocycles. The topological polar surface area (TPSA) is 64.7 Å². The fourth-order valence-corrected chi connectivity index (χ4v) is 3.54. The third-order valence-electron chi connectivity index (χ3n) is 5.06. The molecule has 0 unspecified atom stereocenters. The first-order valence-electron chi connectivity index (χ1n) is 8.97. The van der Waals surface area contributed by atoms with Crippen molar-refractivity contribution in [1.29, 1.82) is 0 Å². The van der Waals surface area contributed by atoms with E-state index in [9.17, 15) is 5.11 Å². The molecule has 1 aliphatic carbocycles. The van der Waals surface area contributed by atoms with Crippen LogP contribution >= 0.6 is 0 Å². The van der Waals surface area contributed by atoms with Gasteiger partial charge in [-0.05, 0) is 42.0 Å². The molecule has 1 aliphatic rings. The highest BCUT2D eigenvalue weighted by molar-refractivity contribution is 5.44. The Balaban J connectivity index is 1.74. The Hall–Kier alpha value is -2.04. The molecule has 0 aliphatic heterocycles. The molecule has 4 heteroatoms. The molecule has 134 valence electrons. The van der Waals surface area contributed by atoms with Crippen LogP contribution in [0.2, 0.25) is 0 Å². The van der Waals surface area contributed by atoms with Gasteiger partial charge in [-0.1, -0.05) is 49.2 Å². The normalized spacial score (nSPS) is 17.2. The molecule has 0 bridgehead atoms. The molecule has 0 aromatic heterocycles. The number of methoxy groups -OCH3 is 1. The highest BCUT2D eigenvalue weighted by Crippen LogP contribution is 2.35. The van der Waals surface area contributed by atoms with Crippen molar-refractivity contribution in [2.24, 2.45) is 11.7 Å². The quantitative estimate of drug-likeness (QED) is 0.803. The van der Waals surface area contributed by atoms with Crippen molar-refractivity contribution in [3.8, 4) is 11.5 Å². The van der Waals surface area contributed by atoms with E-state index in [4.69, 9.17) is 15.2 Å². The number of benzene rings is 2. The van der Waals surface area contributed by atoms with Gasteiger partial charge in [0.1, 0.15) is 6.61 Å². The number of rotatable bonds is 7. The average Bonchev–Trinajstić information content (AvgIpc) is 3.20. The predicted molar refractivity (Wildman–Crippen MR) is 98.7 cm³/mol. The molecule has 2 aromatic carbocycles. The highest BCUT2D eigenvalue weighted by Gasteiger charge is 2.29. The number of hydrogen-bond acceptors (Lipinski definition) is 4. The van der Waals surface area contributed by atoms with Crippen molar-refractivity contribution in [2.45, 2.75) is 44.4 Å². The minimum Gasteiger partial charge on any atom is -0.493 e.